The highest BCUT2D eigenvalue weighted by molar-refractivity contribution is 6.02. The van der Waals surface area contributed by atoms with Crippen molar-refractivity contribution in [1.29, 1.82) is 0 Å². The van der Waals surface area contributed by atoms with Crippen LogP contribution in [0.2, 0.25) is 0 Å². The standard InChI is InChI=1S/C21H23N5O2/c22-18(27)9-7-14-6-8-17(28-14)21-25-16-12-24-20-15(10-11-23-20)19(16)26(21)13-4-2-1-3-5-13/h6,8,10-13H,1-5,7,9H2,(H2,22,27)(H,23,24). The van der Waals surface area contributed by atoms with E-state index in [2.05, 4.69) is 20.6 Å². The smallest absolute Gasteiger partial charge is 0.217 e. The zero-order chi connectivity index (χ0) is 19.1. The van der Waals surface area contributed by atoms with E-state index in [1.165, 1.54) is 19.3 Å². The number of carbonyl (C=O) groups is 1. The lowest BCUT2D eigenvalue weighted by molar-refractivity contribution is -0.118. The minimum atomic E-state index is -0.326. The van der Waals surface area contributed by atoms with Gasteiger partial charge in [-0.25, -0.2) is 9.97 Å². The number of pyridine rings is 1. The number of fused-ring (bicyclic) bond motifs is 3. The molecule has 0 radical (unpaired) electrons. The van der Waals surface area contributed by atoms with Crippen molar-refractivity contribution in [2.24, 2.45) is 5.73 Å². The van der Waals surface area contributed by atoms with E-state index >= 15 is 0 Å². The van der Waals surface area contributed by atoms with E-state index in [-0.39, 0.29) is 12.3 Å². The maximum atomic E-state index is 11.1. The van der Waals surface area contributed by atoms with Crippen LogP contribution in [-0.4, -0.2) is 25.4 Å². The Kier molecular flexibility index (Phi) is 4.15. The Morgan fingerprint density at radius 2 is 2.11 bits per heavy atom. The summed E-state index contributed by atoms with van der Waals surface area (Å²) in [6.45, 7) is 0. The molecule has 0 atom stereocenters. The van der Waals surface area contributed by atoms with Gasteiger partial charge in [-0.1, -0.05) is 19.3 Å². The molecule has 144 valence electrons. The first kappa shape index (κ1) is 17.0. The molecule has 1 amide bonds. The summed E-state index contributed by atoms with van der Waals surface area (Å²) in [6, 6.07) is 6.31. The Bertz CT molecular complexity index is 1150. The molecule has 28 heavy (non-hydrogen) atoms. The third kappa shape index (κ3) is 2.87. The number of nitrogens with two attached hydrogens (primary N) is 1. The summed E-state index contributed by atoms with van der Waals surface area (Å²) in [7, 11) is 0. The molecule has 0 spiro atoms. The van der Waals surface area contributed by atoms with Crippen LogP contribution in [0.3, 0.4) is 0 Å². The molecule has 7 heteroatoms. The van der Waals surface area contributed by atoms with Crippen LogP contribution >= 0.6 is 0 Å². The van der Waals surface area contributed by atoms with Crippen molar-refractivity contribution in [3.63, 3.8) is 0 Å². The average molecular weight is 377 g/mol. The van der Waals surface area contributed by atoms with Gasteiger partial charge in [0.05, 0.1) is 11.7 Å². The molecular formula is C21H23N5O2. The van der Waals surface area contributed by atoms with Gasteiger partial charge in [-0.3, -0.25) is 4.79 Å². The van der Waals surface area contributed by atoms with Gasteiger partial charge in [0.25, 0.3) is 0 Å². The summed E-state index contributed by atoms with van der Waals surface area (Å²) < 4.78 is 8.41. The number of furan rings is 1. The number of H-pyrrole nitrogens is 1. The molecule has 4 aromatic rings. The number of amides is 1. The number of hydrogen-bond donors (Lipinski definition) is 2. The second-order valence-corrected chi connectivity index (χ2v) is 7.56. The quantitative estimate of drug-likeness (QED) is 0.546. The summed E-state index contributed by atoms with van der Waals surface area (Å²) in [4.78, 5) is 23.7. The molecular weight excluding hydrogens is 354 g/mol. The van der Waals surface area contributed by atoms with Gasteiger partial charge < -0.3 is 19.7 Å². The molecule has 4 heterocycles. The van der Waals surface area contributed by atoms with Crippen molar-refractivity contribution in [2.75, 3.05) is 0 Å². The van der Waals surface area contributed by atoms with Crippen LogP contribution < -0.4 is 5.73 Å². The minimum absolute atomic E-state index is 0.278. The lowest BCUT2D eigenvalue weighted by Crippen LogP contribution is -2.14. The van der Waals surface area contributed by atoms with E-state index in [0.717, 1.165) is 52.3 Å². The number of hydrogen-bond acceptors (Lipinski definition) is 4. The van der Waals surface area contributed by atoms with E-state index in [9.17, 15) is 4.79 Å². The number of rotatable bonds is 5. The zero-order valence-electron chi connectivity index (χ0n) is 15.6. The number of aromatic amines is 1. The molecule has 0 unspecified atom stereocenters. The Balaban J connectivity index is 1.66. The van der Waals surface area contributed by atoms with Gasteiger partial charge in [0.1, 0.15) is 16.9 Å². The summed E-state index contributed by atoms with van der Waals surface area (Å²) >= 11 is 0. The zero-order valence-corrected chi connectivity index (χ0v) is 15.6. The van der Waals surface area contributed by atoms with E-state index < -0.39 is 0 Å². The van der Waals surface area contributed by atoms with Crippen molar-refractivity contribution >= 4 is 28.0 Å². The van der Waals surface area contributed by atoms with E-state index in [1.807, 2.05) is 24.5 Å². The van der Waals surface area contributed by atoms with Gasteiger partial charge in [0.2, 0.25) is 5.91 Å². The van der Waals surface area contributed by atoms with Gasteiger partial charge >= 0.3 is 0 Å². The third-order valence-electron chi connectivity index (χ3n) is 5.67. The van der Waals surface area contributed by atoms with E-state index in [1.54, 1.807) is 0 Å². The van der Waals surface area contributed by atoms with Crippen LogP contribution in [-0.2, 0) is 11.2 Å². The predicted molar refractivity (Wildman–Crippen MR) is 107 cm³/mol. The van der Waals surface area contributed by atoms with Crippen molar-refractivity contribution < 1.29 is 9.21 Å². The van der Waals surface area contributed by atoms with Crippen LogP contribution in [0.25, 0.3) is 33.7 Å². The van der Waals surface area contributed by atoms with E-state index in [0.29, 0.717) is 12.5 Å². The highest BCUT2D eigenvalue weighted by Gasteiger charge is 2.25. The molecule has 0 saturated heterocycles. The Morgan fingerprint density at radius 1 is 1.25 bits per heavy atom. The first-order valence-electron chi connectivity index (χ1n) is 9.92. The lowest BCUT2D eigenvalue weighted by atomic mass is 9.95. The Labute approximate surface area is 161 Å². The monoisotopic (exact) mass is 377 g/mol. The molecule has 5 rings (SSSR count). The largest absolute Gasteiger partial charge is 0.458 e. The first-order chi connectivity index (χ1) is 13.7. The van der Waals surface area contributed by atoms with Crippen LogP contribution in [0.15, 0.2) is 35.0 Å². The molecule has 0 aromatic carbocycles. The van der Waals surface area contributed by atoms with Crippen molar-refractivity contribution in [3.8, 4) is 11.6 Å². The van der Waals surface area contributed by atoms with E-state index in [4.69, 9.17) is 15.1 Å². The summed E-state index contributed by atoms with van der Waals surface area (Å²) in [5.41, 5.74) is 8.13. The van der Waals surface area contributed by atoms with Crippen molar-refractivity contribution in [3.05, 3.63) is 36.4 Å². The maximum absolute atomic E-state index is 11.1. The molecule has 0 bridgehead atoms. The minimum Gasteiger partial charge on any atom is -0.458 e. The molecule has 4 aromatic heterocycles. The maximum Gasteiger partial charge on any atom is 0.217 e. The second-order valence-electron chi connectivity index (χ2n) is 7.56. The third-order valence-corrected chi connectivity index (χ3v) is 5.67. The van der Waals surface area contributed by atoms with Crippen molar-refractivity contribution in [1.82, 2.24) is 19.5 Å². The Morgan fingerprint density at radius 3 is 2.93 bits per heavy atom. The number of carbonyl (C=O) groups excluding carboxylic acids is 1. The fourth-order valence-electron chi connectivity index (χ4n) is 4.34. The highest BCUT2D eigenvalue weighted by atomic mass is 16.3. The molecule has 1 saturated carbocycles. The van der Waals surface area contributed by atoms with Crippen LogP contribution in [0.1, 0.15) is 50.3 Å². The van der Waals surface area contributed by atoms with Gasteiger partial charge in [0.15, 0.2) is 11.6 Å². The van der Waals surface area contributed by atoms with Crippen LogP contribution in [0.4, 0.5) is 0 Å². The highest BCUT2D eigenvalue weighted by Crippen LogP contribution is 2.38. The number of aryl methyl sites for hydroxylation is 1. The average Bonchev–Trinajstić information content (AvgIpc) is 3.43. The number of nitrogens with zero attached hydrogens (tertiary/aromatic N) is 3. The molecule has 0 aliphatic heterocycles. The van der Waals surface area contributed by atoms with Gasteiger partial charge in [-0.15, -0.1) is 0 Å². The summed E-state index contributed by atoms with van der Waals surface area (Å²) in [5.74, 6) is 1.99. The van der Waals surface area contributed by atoms with Gasteiger partial charge in [-0.05, 0) is 31.0 Å². The SMILES string of the molecule is NC(=O)CCc1ccc(-c2nc3cnc4[nH]ccc4c3n2C2CCCCC2)o1. The topological polar surface area (TPSA) is 103 Å². The second kappa shape index (κ2) is 6.82. The first-order valence-corrected chi connectivity index (χ1v) is 9.92. The number of imidazole rings is 1. The fraction of sp³-hybridized carbons (Fsp3) is 0.381. The van der Waals surface area contributed by atoms with Gasteiger partial charge in [-0.2, -0.15) is 0 Å². The number of primary amides is 1. The number of nitrogens with one attached hydrogen (secondary N) is 1. The molecule has 1 aliphatic carbocycles. The van der Waals surface area contributed by atoms with Gasteiger partial charge in [0, 0.05) is 30.5 Å². The van der Waals surface area contributed by atoms with Crippen LogP contribution in [0.5, 0.6) is 0 Å². The summed E-state index contributed by atoms with van der Waals surface area (Å²) in [5, 5.41) is 1.09. The number of aromatic nitrogens is 4. The van der Waals surface area contributed by atoms with Crippen molar-refractivity contribution in [2.45, 2.75) is 51.0 Å². The van der Waals surface area contributed by atoms with Crippen LogP contribution in [0, 0.1) is 0 Å². The predicted octanol–water partition coefficient (Wildman–Crippen LogP) is 4.10. The molecule has 7 nitrogen and oxygen atoms in total. The lowest BCUT2D eigenvalue weighted by Gasteiger charge is -2.25. The Hall–Kier alpha value is -3.09. The molecule has 3 N–H and O–H groups in total. The molecule has 1 aliphatic rings. The summed E-state index contributed by atoms with van der Waals surface area (Å²) in [6.07, 6.45) is 10.6. The molecule has 1 fully saturated rings. The normalized spacial score (nSPS) is 15.6. The fourth-order valence-corrected chi connectivity index (χ4v) is 4.34.